The van der Waals surface area contributed by atoms with Crippen LogP contribution in [-0.4, -0.2) is 24.7 Å². The fourth-order valence-corrected chi connectivity index (χ4v) is 1.39. The van der Waals surface area contributed by atoms with Crippen LogP contribution in [0.3, 0.4) is 0 Å². The Hall–Kier alpha value is -0.450. The minimum Gasteiger partial charge on any atom is -0.380 e. The van der Waals surface area contributed by atoms with E-state index >= 15 is 0 Å². The predicted molar refractivity (Wildman–Crippen MR) is 50.3 cm³/mol. The van der Waals surface area contributed by atoms with Crippen molar-refractivity contribution >= 4 is 11.3 Å². The standard InChI is InChI=1S/C8H14N2OS/c1-2-11-4-3-9-5-8-6-10-7-12-8/h6-7,9H,2-5H2,1H3. The Labute approximate surface area is 76.8 Å². The Bertz CT molecular complexity index is 189. The van der Waals surface area contributed by atoms with E-state index in [4.69, 9.17) is 4.74 Å². The second-order valence-corrected chi connectivity index (χ2v) is 3.31. The zero-order valence-electron chi connectivity index (χ0n) is 7.25. The number of nitrogens with one attached hydrogen (secondary N) is 1. The number of nitrogens with zero attached hydrogens (tertiary/aromatic N) is 1. The van der Waals surface area contributed by atoms with Gasteiger partial charge in [-0.05, 0) is 6.92 Å². The third-order valence-corrected chi connectivity index (χ3v) is 2.19. The molecule has 0 bridgehead atoms. The predicted octanol–water partition coefficient (Wildman–Crippen LogP) is 1.27. The Morgan fingerprint density at radius 3 is 3.25 bits per heavy atom. The van der Waals surface area contributed by atoms with E-state index in [1.54, 1.807) is 11.3 Å². The quantitative estimate of drug-likeness (QED) is 0.679. The monoisotopic (exact) mass is 186 g/mol. The molecule has 0 aromatic carbocycles. The topological polar surface area (TPSA) is 34.1 Å². The largest absolute Gasteiger partial charge is 0.380 e. The van der Waals surface area contributed by atoms with Gasteiger partial charge in [0.1, 0.15) is 0 Å². The van der Waals surface area contributed by atoms with E-state index in [9.17, 15) is 0 Å². The summed E-state index contributed by atoms with van der Waals surface area (Å²) in [6.45, 7) is 5.39. The average molecular weight is 186 g/mol. The lowest BCUT2D eigenvalue weighted by Crippen LogP contribution is -2.18. The van der Waals surface area contributed by atoms with Gasteiger partial charge in [-0.1, -0.05) is 0 Å². The minimum absolute atomic E-state index is 0.787. The maximum atomic E-state index is 5.18. The molecule has 1 rings (SSSR count). The Kier molecular flexibility index (Phi) is 4.91. The molecule has 3 nitrogen and oxygen atoms in total. The highest BCUT2D eigenvalue weighted by Crippen LogP contribution is 2.03. The maximum absolute atomic E-state index is 5.18. The van der Waals surface area contributed by atoms with Gasteiger partial charge in [0.2, 0.25) is 0 Å². The van der Waals surface area contributed by atoms with Gasteiger partial charge < -0.3 is 10.1 Å². The van der Waals surface area contributed by atoms with Crippen molar-refractivity contribution in [3.05, 3.63) is 16.6 Å². The molecule has 0 amide bonds. The van der Waals surface area contributed by atoms with E-state index in [1.165, 1.54) is 4.88 Å². The van der Waals surface area contributed by atoms with Gasteiger partial charge >= 0.3 is 0 Å². The molecule has 0 spiro atoms. The van der Waals surface area contributed by atoms with Crippen molar-refractivity contribution in [3.63, 3.8) is 0 Å². The van der Waals surface area contributed by atoms with Crippen LogP contribution < -0.4 is 5.32 Å². The lowest BCUT2D eigenvalue weighted by molar-refractivity contribution is 0.149. The number of hydrogen-bond donors (Lipinski definition) is 1. The van der Waals surface area contributed by atoms with Crippen LogP contribution in [0.4, 0.5) is 0 Å². The van der Waals surface area contributed by atoms with Crippen LogP contribution in [0.1, 0.15) is 11.8 Å². The highest BCUT2D eigenvalue weighted by atomic mass is 32.1. The summed E-state index contributed by atoms with van der Waals surface area (Å²) in [5, 5.41) is 3.27. The molecule has 68 valence electrons. The van der Waals surface area contributed by atoms with Crippen LogP contribution in [0.15, 0.2) is 11.7 Å². The van der Waals surface area contributed by atoms with Gasteiger partial charge in [0.25, 0.3) is 0 Å². The molecule has 0 fully saturated rings. The highest BCUT2D eigenvalue weighted by Gasteiger charge is 1.92. The lowest BCUT2D eigenvalue weighted by atomic mass is 10.5. The zero-order chi connectivity index (χ0) is 8.65. The maximum Gasteiger partial charge on any atom is 0.0794 e. The molecule has 0 atom stereocenters. The second-order valence-electron chi connectivity index (χ2n) is 2.34. The van der Waals surface area contributed by atoms with Gasteiger partial charge in [-0.15, -0.1) is 11.3 Å². The van der Waals surface area contributed by atoms with Crippen molar-refractivity contribution in [2.24, 2.45) is 0 Å². The SMILES string of the molecule is CCOCCNCc1cncs1. The molecule has 1 aromatic heterocycles. The Balaban J connectivity index is 1.96. The molecule has 0 aliphatic carbocycles. The van der Waals surface area contributed by atoms with Crippen molar-refractivity contribution in [2.75, 3.05) is 19.8 Å². The molecule has 1 aromatic rings. The van der Waals surface area contributed by atoms with E-state index in [0.717, 1.165) is 26.3 Å². The summed E-state index contributed by atoms with van der Waals surface area (Å²) >= 11 is 1.67. The first kappa shape index (κ1) is 9.64. The number of ether oxygens (including phenoxy) is 1. The Morgan fingerprint density at radius 1 is 1.67 bits per heavy atom. The van der Waals surface area contributed by atoms with Gasteiger partial charge in [-0.3, -0.25) is 4.98 Å². The van der Waals surface area contributed by atoms with Gasteiger partial charge in [-0.2, -0.15) is 0 Å². The second kappa shape index (κ2) is 6.11. The van der Waals surface area contributed by atoms with Crippen molar-refractivity contribution < 1.29 is 4.74 Å². The van der Waals surface area contributed by atoms with Gasteiger partial charge in [0.15, 0.2) is 0 Å². The molecule has 0 saturated heterocycles. The first-order valence-corrected chi connectivity index (χ1v) is 4.97. The third kappa shape index (κ3) is 3.80. The van der Waals surface area contributed by atoms with Crippen molar-refractivity contribution in [1.29, 1.82) is 0 Å². The molecular formula is C8H14N2OS. The molecule has 12 heavy (non-hydrogen) atoms. The van der Waals surface area contributed by atoms with Crippen molar-refractivity contribution in [2.45, 2.75) is 13.5 Å². The minimum atomic E-state index is 0.787. The van der Waals surface area contributed by atoms with E-state index in [0.29, 0.717) is 0 Å². The Morgan fingerprint density at radius 2 is 2.58 bits per heavy atom. The molecule has 0 unspecified atom stereocenters. The summed E-state index contributed by atoms with van der Waals surface area (Å²) in [4.78, 5) is 5.25. The van der Waals surface area contributed by atoms with Crippen LogP contribution in [0, 0.1) is 0 Å². The fraction of sp³-hybridized carbons (Fsp3) is 0.625. The molecule has 1 heterocycles. The molecule has 0 radical (unpaired) electrons. The molecule has 0 aliphatic rings. The van der Waals surface area contributed by atoms with E-state index in [1.807, 2.05) is 18.6 Å². The first-order chi connectivity index (χ1) is 5.93. The summed E-state index contributed by atoms with van der Waals surface area (Å²) in [6, 6.07) is 0. The van der Waals surface area contributed by atoms with Crippen LogP contribution in [0.25, 0.3) is 0 Å². The average Bonchev–Trinajstić information content (AvgIpc) is 2.57. The van der Waals surface area contributed by atoms with Gasteiger partial charge in [-0.25, -0.2) is 0 Å². The number of rotatable bonds is 6. The van der Waals surface area contributed by atoms with Crippen LogP contribution in [0.2, 0.25) is 0 Å². The summed E-state index contributed by atoms with van der Waals surface area (Å²) in [5.74, 6) is 0. The molecular weight excluding hydrogens is 172 g/mol. The summed E-state index contributed by atoms with van der Waals surface area (Å²) in [7, 11) is 0. The van der Waals surface area contributed by atoms with Crippen LogP contribution >= 0.6 is 11.3 Å². The number of hydrogen-bond acceptors (Lipinski definition) is 4. The van der Waals surface area contributed by atoms with Gasteiger partial charge in [0, 0.05) is 30.8 Å². The highest BCUT2D eigenvalue weighted by molar-refractivity contribution is 7.09. The number of thiazole rings is 1. The molecule has 0 saturated carbocycles. The molecule has 0 aliphatic heterocycles. The van der Waals surface area contributed by atoms with Crippen LogP contribution in [-0.2, 0) is 11.3 Å². The lowest BCUT2D eigenvalue weighted by Gasteiger charge is -2.01. The number of aromatic nitrogens is 1. The summed E-state index contributed by atoms with van der Waals surface area (Å²) in [6.07, 6.45) is 1.89. The first-order valence-electron chi connectivity index (χ1n) is 4.09. The molecule has 4 heteroatoms. The third-order valence-electron chi connectivity index (χ3n) is 1.41. The van der Waals surface area contributed by atoms with E-state index in [-0.39, 0.29) is 0 Å². The zero-order valence-corrected chi connectivity index (χ0v) is 8.06. The van der Waals surface area contributed by atoms with Crippen molar-refractivity contribution in [3.8, 4) is 0 Å². The fourth-order valence-electron chi connectivity index (χ4n) is 0.830. The summed E-state index contributed by atoms with van der Waals surface area (Å²) < 4.78 is 5.18. The molecule has 1 N–H and O–H groups in total. The van der Waals surface area contributed by atoms with Crippen LogP contribution in [0.5, 0.6) is 0 Å². The normalized spacial score (nSPS) is 10.4. The van der Waals surface area contributed by atoms with Crippen molar-refractivity contribution in [1.82, 2.24) is 10.3 Å². The van der Waals surface area contributed by atoms with Gasteiger partial charge in [0.05, 0.1) is 12.1 Å². The van der Waals surface area contributed by atoms with E-state index in [2.05, 4.69) is 10.3 Å². The summed E-state index contributed by atoms with van der Waals surface area (Å²) in [5.41, 5.74) is 1.85. The van der Waals surface area contributed by atoms with E-state index < -0.39 is 0 Å². The smallest absolute Gasteiger partial charge is 0.0794 e.